The monoisotopic (exact) mass is 491 g/mol. The lowest BCUT2D eigenvalue weighted by molar-refractivity contribution is 0.102. The lowest BCUT2D eigenvalue weighted by Crippen LogP contribution is -2.29. The highest BCUT2D eigenvalue weighted by atomic mass is 35.5. The number of thiophene rings is 1. The fourth-order valence-corrected chi connectivity index (χ4v) is 6.26. The number of fused-ring (bicyclic) bond motifs is 2. The van der Waals surface area contributed by atoms with Crippen molar-refractivity contribution in [1.29, 1.82) is 0 Å². The zero-order valence-corrected chi connectivity index (χ0v) is 19.6. The number of likely N-dealkylation sites (N-methyl/N-ethyl adjacent to an activating group) is 1. The number of thiazole rings is 1. The highest BCUT2D eigenvalue weighted by Gasteiger charge is 2.28. The molecule has 1 aliphatic rings. The van der Waals surface area contributed by atoms with Crippen LogP contribution in [0.2, 0.25) is 0 Å². The molecule has 4 nitrogen and oxygen atoms in total. The molecule has 0 bridgehead atoms. The van der Waals surface area contributed by atoms with Crippen LogP contribution < -0.4 is 5.32 Å². The Morgan fingerprint density at radius 2 is 2.00 bits per heavy atom. The molecule has 0 saturated carbocycles. The third kappa shape index (κ3) is 4.15. The summed E-state index contributed by atoms with van der Waals surface area (Å²) in [6.45, 7) is 4.84. The molecule has 9 heteroatoms. The molecule has 0 radical (unpaired) electrons. The van der Waals surface area contributed by atoms with E-state index in [0.29, 0.717) is 5.00 Å². The number of amides is 1. The van der Waals surface area contributed by atoms with Crippen molar-refractivity contribution in [2.45, 2.75) is 19.9 Å². The van der Waals surface area contributed by atoms with Crippen LogP contribution in [0.4, 0.5) is 13.8 Å². The number of nitrogens with one attached hydrogen (secondary N) is 1. The minimum atomic E-state index is -0.877. The summed E-state index contributed by atoms with van der Waals surface area (Å²) in [5.41, 5.74) is 2.85. The first-order chi connectivity index (χ1) is 15.0. The molecule has 4 aromatic rings. The van der Waals surface area contributed by atoms with E-state index in [9.17, 15) is 13.6 Å². The summed E-state index contributed by atoms with van der Waals surface area (Å²) in [5.74, 6) is -2.18. The first kappa shape index (κ1) is 22.8. The first-order valence-corrected chi connectivity index (χ1v) is 11.7. The van der Waals surface area contributed by atoms with Crippen LogP contribution in [-0.4, -0.2) is 28.9 Å². The van der Waals surface area contributed by atoms with Gasteiger partial charge in [0.1, 0.15) is 21.6 Å². The van der Waals surface area contributed by atoms with Crippen LogP contribution in [0.5, 0.6) is 0 Å². The number of halogens is 3. The van der Waals surface area contributed by atoms with E-state index in [1.165, 1.54) is 27.8 Å². The van der Waals surface area contributed by atoms with Gasteiger partial charge in [-0.3, -0.25) is 9.69 Å². The third-order valence-corrected chi connectivity index (χ3v) is 7.68. The summed E-state index contributed by atoms with van der Waals surface area (Å²) >= 11 is 3.10. The van der Waals surface area contributed by atoms with E-state index in [0.717, 1.165) is 59.0 Å². The fourth-order valence-electron chi connectivity index (χ4n) is 3.86. The van der Waals surface area contributed by atoms with Crippen molar-refractivity contribution in [3.8, 4) is 10.6 Å². The summed E-state index contributed by atoms with van der Waals surface area (Å²) in [7, 11) is 0. The van der Waals surface area contributed by atoms with Crippen LogP contribution in [0.1, 0.15) is 27.7 Å². The summed E-state index contributed by atoms with van der Waals surface area (Å²) in [6.07, 6.45) is 0.867. The van der Waals surface area contributed by atoms with Crippen molar-refractivity contribution >= 4 is 56.2 Å². The topological polar surface area (TPSA) is 45.2 Å². The molecule has 0 atom stereocenters. The van der Waals surface area contributed by atoms with Gasteiger partial charge in [-0.05, 0) is 42.8 Å². The van der Waals surface area contributed by atoms with Crippen LogP contribution >= 0.6 is 35.1 Å². The summed E-state index contributed by atoms with van der Waals surface area (Å²) in [5, 5.41) is 4.39. The Balaban J connectivity index is 0.00000245. The van der Waals surface area contributed by atoms with Gasteiger partial charge < -0.3 is 5.32 Å². The zero-order valence-electron chi connectivity index (χ0n) is 17.2. The lowest BCUT2D eigenvalue weighted by atomic mass is 10.0. The smallest absolute Gasteiger partial charge is 0.259 e. The molecule has 5 rings (SSSR count). The molecule has 32 heavy (non-hydrogen) atoms. The number of aromatic nitrogens is 1. The molecule has 1 N–H and O–H groups in total. The Kier molecular flexibility index (Phi) is 6.57. The number of hydrogen-bond donors (Lipinski definition) is 1. The minimum absolute atomic E-state index is 0. The molecule has 1 aliphatic heterocycles. The van der Waals surface area contributed by atoms with E-state index in [1.54, 1.807) is 11.3 Å². The Bertz CT molecular complexity index is 1270. The van der Waals surface area contributed by atoms with E-state index in [4.69, 9.17) is 4.98 Å². The molecular formula is C23H20ClF2N3OS2. The van der Waals surface area contributed by atoms with E-state index >= 15 is 0 Å². The molecule has 0 aliphatic carbocycles. The largest absolute Gasteiger partial charge is 0.313 e. The van der Waals surface area contributed by atoms with E-state index in [1.807, 2.05) is 24.3 Å². The van der Waals surface area contributed by atoms with E-state index in [2.05, 4.69) is 17.1 Å². The van der Waals surface area contributed by atoms with Crippen LogP contribution in [0.3, 0.4) is 0 Å². The van der Waals surface area contributed by atoms with Gasteiger partial charge in [0.05, 0.1) is 15.8 Å². The van der Waals surface area contributed by atoms with Gasteiger partial charge in [0.2, 0.25) is 0 Å². The average Bonchev–Trinajstić information content (AvgIpc) is 3.33. The zero-order chi connectivity index (χ0) is 21.5. The third-order valence-electron chi connectivity index (χ3n) is 5.49. The Labute approximate surface area is 198 Å². The number of rotatable bonds is 4. The van der Waals surface area contributed by atoms with Gasteiger partial charge in [-0.25, -0.2) is 13.8 Å². The normalized spacial score (nSPS) is 13.6. The standard InChI is InChI=1S/C23H19F2N3OS2.ClH/c1-2-28-10-9-15-19(12-28)31-23(27-21(29)14-8-7-13(24)11-16(14)25)20(15)22-26-17-5-3-4-6-18(17)30-22;/h3-8,11H,2,9-10,12H2,1H3,(H,27,29);1H. The summed E-state index contributed by atoms with van der Waals surface area (Å²) in [4.78, 5) is 21.2. The minimum Gasteiger partial charge on any atom is -0.313 e. The summed E-state index contributed by atoms with van der Waals surface area (Å²) < 4.78 is 28.5. The Morgan fingerprint density at radius 1 is 1.19 bits per heavy atom. The number of carbonyl (C=O) groups is 1. The van der Waals surface area contributed by atoms with Crippen LogP contribution in [-0.2, 0) is 13.0 Å². The van der Waals surface area contributed by atoms with Crippen molar-refractivity contribution < 1.29 is 13.6 Å². The van der Waals surface area contributed by atoms with Crippen LogP contribution in [0, 0.1) is 11.6 Å². The molecule has 0 saturated heterocycles. The molecule has 1 amide bonds. The number of anilines is 1. The molecular weight excluding hydrogens is 472 g/mol. The van der Waals surface area contributed by atoms with E-state index < -0.39 is 17.5 Å². The summed E-state index contributed by atoms with van der Waals surface area (Å²) in [6, 6.07) is 10.9. The van der Waals surface area contributed by atoms with E-state index in [-0.39, 0.29) is 18.0 Å². The van der Waals surface area contributed by atoms with Crippen molar-refractivity contribution in [3.05, 3.63) is 70.1 Å². The first-order valence-electron chi connectivity index (χ1n) is 10.0. The molecule has 3 heterocycles. The number of hydrogen-bond acceptors (Lipinski definition) is 5. The van der Waals surface area contributed by atoms with Gasteiger partial charge in [-0.15, -0.1) is 35.1 Å². The maximum absolute atomic E-state index is 14.2. The number of benzene rings is 2. The van der Waals surface area contributed by atoms with Crippen LogP contribution in [0.25, 0.3) is 20.8 Å². The maximum atomic E-state index is 14.2. The SMILES string of the molecule is CCN1CCc2c(sc(NC(=O)c3ccc(F)cc3F)c2-c2nc3ccccc3s2)C1.Cl. The Morgan fingerprint density at radius 3 is 2.75 bits per heavy atom. The van der Waals surface area contributed by atoms with Crippen molar-refractivity contribution in [2.75, 3.05) is 18.4 Å². The number of para-hydroxylation sites is 1. The van der Waals surface area contributed by atoms with Crippen molar-refractivity contribution in [2.24, 2.45) is 0 Å². The Hall–Kier alpha value is -2.39. The second kappa shape index (κ2) is 9.23. The highest BCUT2D eigenvalue weighted by molar-refractivity contribution is 7.23. The van der Waals surface area contributed by atoms with Crippen LogP contribution in [0.15, 0.2) is 42.5 Å². The second-order valence-electron chi connectivity index (χ2n) is 7.39. The van der Waals surface area contributed by atoms with Gasteiger partial charge in [0.25, 0.3) is 5.91 Å². The lowest BCUT2D eigenvalue weighted by Gasteiger charge is -2.25. The van der Waals surface area contributed by atoms with Gasteiger partial charge in [0, 0.05) is 29.6 Å². The average molecular weight is 492 g/mol. The molecule has 166 valence electrons. The van der Waals surface area contributed by atoms with Crippen molar-refractivity contribution in [1.82, 2.24) is 9.88 Å². The molecule has 0 unspecified atom stereocenters. The molecule has 0 spiro atoms. The van der Waals surface area contributed by atoms with Gasteiger partial charge >= 0.3 is 0 Å². The molecule has 2 aromatic carbocycles. The molecule has 2 aromatic heterocycles. The fraction of sp³-hybridized carbons (Fsp3) is 0.217. The quantitative estimate of drug-likeness (QED) is 0.361. The van der Waals surface area contributed by atoms with Gasteiger partial charge in [0.15, 0.2) is 0 Å². The molecule has 0 fully saturated rings. The van der Waals surface area contributed by atoms with Crippen molar-refractivity contribution in [3.63, 3.8) is 0 Å². The van der Waals surface area contributed by atoms with Gasteiger partial charge in [-0.2, -0.15) is 0 Å². The number of carbonyl (C=O) groups excluding carboxylic acids is 1. The predicted molar refractivity (Wildman–Crippen MR) is 129 cm³/mol. The maximum Gasteiger partial charge on any atom is 0.259 e. The number of nitrogens with zero attached hydrogens (tertiary/aromatic N) is 2. The second-order valence-corrected chi connectivity index (χ2v) is 9.53. The van der Waals surface area contributed by atoms with Gasteiger partial charge in [-0.1, -0.05) is 19.1 Å². The highest BCUT2D eigenvalue weighted by Crippen LogP contribution is 2.45. The predicted octanol–water partition coefficient (Wildman–Crippen LogP) is 6.36.